The van der Waals surface area contributed by atoms with Crippen molar-refractivity contribution in [2.75, 3.05) is 37.9 Å². The Hall–Kier alpha value is -1.81. The molecular weight excluding hydrogens is 226 g/mol. The molecule has 18 heavy (non-hydrogen) atoms. The van der Waals surface area contributed by atoms with Gasteiger partial charge in [0.1, 0.15) is 0 Å². The summed E-state index contributed by atoms with van der Waals surface area (Å²) in [5.74, 6) is 0. The van der Waals surface area contributed by atoms with Crippen LogP contribution in [0.25, 0.3) is 10.8 Å². The summed E-state index contributed by atoms with van der Waals surface area (Å²) in [5.41, 5.74) is 8.10. The van der Waals surface area contributed by atoms with Crippen LogP contribution < -0.4 is 10.6 Å². The summed E-state index contributed by atoms with van der Waals surface area (Å²) in [6, 6.07) is 6.06. The number of ether oxygens (including phenoxy) is 1. The third kappa shape index (κ3) is 2.54. The van der Waals surface area contributed by atoms with E-state index >= 15 is 0 Å². The third-order valence-electron chi connectivity index (χ3n) is 3.09. The van der Waals surface area contributed by atoms with Crippen LogP contribution >= 0.6 is 0 Å². The van der Waals surface area contributed by atoms with Gasteiger partial charge in [-0.25, -0.2) is 0 Å². The third-order valence-corrected chi connectivity index (χ3v) is 3.09. The molecule has 0 aliphatic rings. The van der Waals surface area contributed by atoms with Crippen LogP contribution in [-0.4, -0.2) is 32.3 Å². The number of hydrogen-bond donors (Lipinski definition) is 1. The van der Waals surface area contributed by atoms with Crippen LogP contribution in [0.4, 0.5) is 11.4 Å². The van der Waals surface area contributed by atoms with Crippen molar-refractivity contribution in [3.05, 3.63) is 30.6 Å². The Morgan fingerprint density at radius 2 is 2.17 bits per heavy atom. The highest BCUT2D eigenvalue weighted by Gasteiger charge is 2.08. The molecule has 0 bridgehead atoms. The molecule has 96 valence electrons. The Kier molecular flexibility index (Phi) is 3.99. The number of fused-ring (bicyclic) bond motifs is 1. The largest absolute Gasteiger partial charge is 0.397 e. The van der Waals surface area contributed by atoms with Crippen LogP contribution in [0.1, 0.15) is 6.42 Å². The maximum absolute atomic E-state index is 6.22. The number of aromatic nitrogens is 1. The van der Waals surface area contributed by atoms with Gasteiger partial charge in [-0.05, 0) is 18.6 Å². The molecular formula is C14H19N3O. The smallest absolute Gasteiger partial charge is 0.0632 e. The molecule has 0 saturated carbocycles. The number of nitrogens with two attached hydrogens (primary N) is 1. The quantitative estimate of drug-likeness (QED) is 0.648. The average molecular weight is 245 g/mol. The van der Waals surface area contributed by atoms with Gasteiger partial charge in [-0.3, -0.25) is 4.98 Å². The number of nitrogen functional groups attached to an aromatic ring is 1. The number of benzene rings is 1. The molecule has 0 radical (unpaired) electrons. The Morgan fingerprint density at radius 1 is 1.33 bits per heavy atom. The fourth-order valence-corrected chi connectivity index (χ4v) is 2.08. The maximum Gasteiger partial charge on any atom is 0.0632 e. The van der Waals surface area contributed by atoms with Crippen molar-refractivity contribution in [2.24, 2.45) is 0 Å². The van der Waals surface area contributed by atoms with Crippen molar-refractivity contribution in [3.8, 4) is 0 Å². The van der Waals surface area contributed by atoms with E-state index in [9.17, 15) is 0 Å². The molecule has 1 aromatic heterocycles. The summed E-state index contributed by atoms with van der Waals surface area (Å²) in [6.45, 7) is 1.69. The van der Waals surface area contributed by atoms with E-state index < -0.39 is 0 Å². The molecule has 1 aromatic carbocycles. The highest BCUT2D eigenvalue weighted by Crippen LogP contribution is 2.30. The van der Waals surface area contributed by atoms with Crippen LogP contribution in [-0.2, 0) is 4.74 Å². The first kappa shape index (κ1) is 12.6. The standard InChI is InChI=1S/C14H19N3O/c1-17(8-3-9-18-2)13-5-4-11-10-16-7-6-12(11)14(13)15/h4-7,10H,3,8-9,15H2,1-2H3. The number of nitrogens with zero attached hydrogens (tertiary/aromatic N) is 2. The molecule has 0 saturated heterocycles. The van der Waals surface area contributed by atoms with Crippen LogP contribution in [0.3, 0.4) is 0 Å². The van der Waals surface area contributed by atoms with Gasteiger partial charge in [0.2, 0.25) is 0 Å². The van der Waals surface area contributed by atoms with Gasteiger partial charge < -0.3 is 15.4 Å². The molecule has 2 rings (SSSR count). The van der Waals surface area contributed by atoms with E-state index in [1.807, 2.05) is 25.4 Å². The first-order valence-corrected chi connectivity index (χ1v) is 6.06. The molecule has 0 aliphatic carbocycles. The Morgan fingerprint density at radius 3 is 2.94 bits per heavy atom. The van der Waals surface area contributed by atoms with Crippen molar-refractivity contribution in [3.63, 3.8) is 0 Å². The predicted octanol–water partition coefficient (Wildman–Crippen LogP) is 2.29. The van der Waals surface area contributed by atoms with Gasteiger partial charge in [0.15, 0.2) is 0 Å². The highest BCUT2D eigenvalue weighted by molar-refractivity contribution is 5.98. The Bertz CT molecular complexity index is 527. The van der Waals surface area contributed by atoms with Crippen LogP contribution in [0.15, 0.2) is 30.6 Å². The predicted molar refractivity (Wildman–Crippen MR) is 75.9 cm³/mol. The summed E-state index contributed by atoms with van der Waals surface area (Å²) in [6.07, 6.45) is 4.59. The lowest BCUT2D eigenvalue weighted by molar-refractivity contribution is 0.196. The van der Waals surface area contributed by atoms with E-state index in [1.165, 1.54) is 0 Å². The molecule has 0 aliphatic heterocycles. The monoisotopic (exact) mass is 245 g/mol. The summed E-state index contributed by atoms with van der Waals surface area (Å²) in [5, 5.41) is 2.13. The SMILES string of the molecule is COCCCN(C)c1ccc2cnccc2c1N. The lowest BCUT2D eigenvalue weighted by Crippen LogP contribution is -2.20. The molecule has 2 N–H and O–H groups in total. The summed E-state index contributed by atoms with van der Waals surface area (Å²) < 4.78 is 5.06. The Labute approximate surface area is 107 Å². The minimum Gasteiger partial charge on any atom is -0.397 e. The van der Waals surface area contributed by atoms with Crippen molar-refractivity contribution < 1.29 is 4.74 Å². The second-order valence-electron chi connectivity index (χ2n) is 4.36. The fraction of sp³-hybridized carbons (Fsp3) is 0.357. The summed E-state index contributed by atoms with van der Waals surface area (Å²) >= 11 is 0. The van der Waals surface area contributed by atoms with Gasteiger partial charge in [0.05, 0.1) is 11.4 Å². The van der Waals surface area contributed by atoms with Crippen LogP contribution in [0.5, 0.6) is 0 Å². The van der Waals surface area contributed by atoms with Crippen molar-refractivity contribution in [2.45, 2.75) is 6.42 Å². The number of methoxy groups -OCH3 is 1. The molecule has 1 heterocycles. The van der Waals surface area contributed by atoms with Gasteiger partial charge in [-0.2, -0.15) is 0 Å². The molecule has 4 heteroatoms. The second kappa shape index (κ2) is 5.69. The zero-order chi connectivity index (χ0) is 13.0. The minimum absolute atomic E-state index is 0.766. The van der Waals surface area contributed by atoms with E-state index in [2.05, 4.69) is 16.0 Å². The molecule has 2 aromatic rings. The van der Waals surface area contributed by atoms with Crippen LogP contribution in [0, 0.1) is 0 Å². The van der Waals surface area contributed by atoms with E-state index in [-0.39, 0.29) is 0 Å². The van der Waals surface area contributed by atoms with Gasteiger partial charge in [0.25, 0.3) is 0 Å². The summed E-state index contributed by atoms with van der Waals surface area (Å²) in [7, 11) is 3.77. The lowest BCUT2D eigenvalue weighted by Gasteiger charge is -2.21. The highest BCUT2D eigenvalue weighted by atomic mass is 16.5. The molecule has 0 unspecified atom stereocenters. The maximum atomic E-state index is 6.22. The summed E-state index contributed by atoms with van der Waals surface area (Å²) in [4.78, 5) is 6.26. The van der Waals surface area contributed by atoms with E-state index in [0.29, 0.717) is 0 Å². The zero-order valence-electron chi connectivity index (χ0n) is 10.9. The van der Waals surface area contributed by atoms with Gasteiger partial charge in [-0.15, -0.1) is 0 Å². The normalized spacial score (nSPS) is 10.8. The topological polar surface area (TPSA) is 51.4 Å². The van der Waals surface area contributed by atoms with Gasteiger partial charge in [-0.1, -0.05) is 6.07 Å². The molecule has 0 amide bonds. The average Bonchev–Trinajstić information content (AvgIpc) is 2.39. The zero-order valence-corrected chi connectivity index (χ0v) is 10.9. The molecule has 0 atom stereocenters. The number of hydrogen-bond acceptors (Lipinski definition) is 4. The molecule has 0 spiro atoms. The van der Waals surface area contributed by atoms with Gasteiger partial charge >= 0.3 is 0 Å². The van der Waals surface area contributed by atoms with Crippen LogP contribution in [0.2, 0.25) is 0 Å². The second-order valence-corrected chi connectivity index (χ2v) is 4.36. The minimum atomic E-state index is 0.766. The Balaban J connectivity index is 2.25. The number of anilines is 2. The molecule has 4 nitrogen and oxygen atoms in total. The number of rotatable bonds is 5. The first-order chi connectivity index (χ1) is 8.74. The van der Waals surface area contributed by atoms with Gasteiger partial charge in [0, 0.05) is 50.5 Å². The van der Waals surface area contributed by atoms with E-state index in [4.69, 9.17) is 10.5 Å². The lowest BCUT2D eigenvalue weighted by atomic mass is 10.1. The first-order valence-electron chi connectivity index (χ1n) is 6.06. The van der Waals surface area contributed by atoms with Crippen molar-refractivity contribution in [1.29, 1.82) is 0 Å². The fourth-order valence-electron chi connectivity index (χ4n) is 2.08. The molecule has 0 fully saturated rings. The van der Waals surface area contributed by atoms with Crippen molar-refractivity contribution >= 4 is 22.1 Å². The van der Waals surface area contributed by atoms with E-state index in [0.717, 1.165) is 41.7 Å². The van der Waals surface area contributed by atoms with E-state index in [1.54, 1.807) is 13.3 Å². The number of pyridine rings is 1. The van der Waals surface area contributed by atoms with Crippen molar-refractivity contribution in [1.82, 2.24) is 4.98 Å².